The van der Waals surface area contributed by atoms with Crippen molar-refractivity contribution in [2.45, 2.75) is 38.3 Å². The molecule has 1 heterocycles. The van der Waals surface area contributed by atoms with Crippen molar-refractivity contribution in [3.8, 4) is 11.5 Å². The number of ether oxygens (including phenoxy) is 2. The van der Waals surface area contributed by atoms with Crippen LogP contribution in [0, 0.1) is 17.3 Å². The van der Waals surface area contributed by atoms with Crippen LogP contribution in [0.5, 0.6) is 11.5 Å². The maximum atomic E-state index is 13.3. The lowest BCUT2D eigenvalue weighted by atomic mass is 9.80. The third-order valence-electron chi connectivity index (χ3n) is 7.94. The van der Waals surface area contributed by atoms with Gasteiger partial charge in [-0.25, -0.2) is 0 Å². The van der Waals surface area contributed by atoms with Crippen molar-refractivity contribution in [2.24, 2.45) is 17.3 Å². The molecule has 37 heavy (non-hydrogen) atoms. The first-order valence-corrected chi connectivity index (χ1v) is 12.7. The maximum Gasteiger partial charge on any atom is 0.416 e. The van der Waals surface area contributed by atoms with Crippen LogP contribution >= 0.6 is 0 Å². The van der Waals surface area contributed by atoms with Gasteiger partial charge in [0.1, 0.15) is 11.5 Å². The number of halogens is 3. The lowest BCUT2D eigenvalue weighted by molar-refractivity contribution is -0.137. The molecular weight excluding hydrogens is 485 g/mol. The van der Waals surface area contributed by atoms with Gasteiger partial charge in [-0.3, -0.25) is 9.59 Å². The molecule has 198 valence electrons. The van der Waals surface area contributed by atoms with Crippen LogP contribution in [0.4, 0.5) is 13.2 Å². The van der Waals surface area contributed by atoms with Gasteiger partial charge in [0.25, 0.3) is 11.8 Å². The summed E-state index contributed by atoms with van der Waals surface area (Å²) in [5, 5.41) is 2.85. The Hall–Kier alpha value is -3.23. The Bertz CT molecular complexity index is 1160. The summed E-state index contributed by atoms with van der Waals surface area (Å²) in [6, 6.07) is 10.2. The molecule has 2 saturated carbocycles. The molecule has 0 radical (unpaired) electrons. The van der Waals surface area contributed by atoms with Crippen LogP contribution < -0.4 is 14.8 Å². The van der Waals surface area contributed by atoms with E-state index in [1.165, 1.54) is 26.0 Å². The van der Waals surface area contributed by atoms with Gasteiger partial charge in [0.05, 0.1) is 19.3 Å². The third kappa shape index (κ3) is 5.55. The molecule has 3 fully saturated rings. The number of carbonyl (C=O) groups excluding carboxylic acids is 2. The minimum atomic E-state index is -4.59. The van der Waals surface area contributed by atoms with Crippen molar-refractivity contribution in [3.05, 3.63) is 59.2 Å². The average Bonchev–Trinajstić information content (AvgIpc) is 3.54. The molecule has 0 unspecified atom stereocenters. The number of hydrogen-bond acceptors (Lipinski definition) is 4. The van der Waals surface area contributed by atoms with E-state index in [0.29, 0.717) is 37.7 Å². The number of methoxy groups -OCH3 is 1. The number of fused-ring (bicyclic) bond motifs is 1. The number of likely N-dealkylation sites (tertiary alicyclic amines) is 1. The number of hydrogen-bond donors (Lipinski definition) is 1. The summed E-state index contributed by atoms with van der Waals surface area (Å²) in [6.45, 7) is 2.12. The molecule has 0 spiro atoms. The smallest absolute Gasteiger partial charge is 0.416 e. The molecule has 2 amide bonds. The number of alkyl halides is 3. The van der Waals surface area contributed by atoms with E-state index >= 15 is 0 Å². The molecule has 2 aliphatic carbocycles. The second kappa shape index (κ2) is 9.91. The lowest BCUT2D eigenvalue weighted by Crippen LogP contribution is -2.41. The third-order valence-corrected chi connectivity index (χ3v) is 7.94. The average molecular weight is 517 g/mol. The van der Waals surface area contributed by atoms with E-state index in [0.717, 1.165) is 37.1 Å². The van der Waals surface area contributed by atoms with E-state index in [9.17, 15) is 22.8 Å². The standard InChI is InChI=1S/C28H31F3N2O4/c1-36-24-12-20(11-22(13-24)28(29,30)31)25(34)32-16-27-10-2-3-21(27)14-33(17-27)26(35)19-6-8-23(9-7-19)37-15-18-4-5-18/h6-9,11-13,18,21H,2-5,10,14-17H2,1H3,(H,32,34)/t21-,27-/m0/s1. The van der Waals surface area contributed by atoms with Crippen molar-refractivity contribution in [2.75, 3.05) is 33.4 Å². The summed E-state index contributed by atoms with van der Waals surface area (Å²) in [7, 11) is 1.26. The fraction of sp³-hybridized carbons (Fsp3) is 0.500. The van der Waals surface area contributed by atoms with E-state index in [2.05, 4.69) is 5.32 Å². The Morgan fingerprint density at radius 2 is 1.81 bits per heavy atom. The van der Waals surface area contributed by atoms with Gasteiger partial charge in [-0.15, -0.1) is 0 Å². The number of amides is 2. The van der Waals surface area contributed by atoms with Crippen molar-refractivity contribution in [1.29, 1.82) is 0 Å². The van der Waals surface area contributed by atoms with Crippen molar-refractivity contribution in [1.82, 2.24) is 10.2 Å². The summed E-state index contributed by atoms with van der Waals surface area (Å²) >= 11 is 0. The minimum Gasteiger partial charge on any atom is -0.497 e. The van der Waals surface area contributed by atoms with Crippen LogP contribution in [-0.2, 0) is 6.18 Å². The van der Waals surface area contributed by atoms with E-state index in [-0.39, 0.29) is 28.6 Å². The van der Waals surface area contributed by atoms with Crippen LogP contribution in [0.15, 0.2) is 42.5 Å². The first-order chi connectivity index (χ1) is 17.7. The largest absolute Gasteiger partial charge is 0.497 e. The molecule has 0 aromatic heterocycles. The normalized spacial score (nSPS) is 23.0. The summed E-state index contributed by atoms with van der Waals surface area (Å²) in [5.41, 5.74) is -0.735. The van der Waals surface area contributed by atoms with Gasteiger partial charge < -0.3 is 19.7 Å². The number of nitrogens with zero attached hydrogens (tertiary/aromatic N) is 1. The van der Waals surface area contributed by atoms with Crippen LogP contribution in [0.25, 0.3) is 0 Å². The minimum absolute atomic E-state index is 0.0292. The maximum absolute atomic E-state index is 13.3. The van der Waals surface area contributed by atoms with Gasteiger partial charge in [0.15, 0.2) is 0 Å². The summed E-state index contributed by atoms with van der Waals surface area (Å²) in [5.74, 6) is 0.963. The van der Waals surface area contributed by atoms with Gasteiger partial charge in [-0.05, 0) is 80.0 Å². The van der Waals surface area contributed by atoms with E-state index in [1.54, 1.807) is 12.1 Å². The molecule has 1 N–H and O–H groups in total. The van der Waals surface area contributed by atoms with Crippen molar-refractivity contribution in [3.63, 3.8) is 0 Å². The SMILES string of the molecule is COc1cc(C(=O)NC[C@]23CCC[C@H]2CN(C(=O)c2ccc(OCC4CC4)cc2)C3)cc(C(F)(F)F)c1. The van der Waals surface area contributed by atoms with E-state index in [4.69, 9.17) is 9.47 Å². The molecule has 9 heteroatoms. The Morgan fingerprint density at radius 1 is 1.05 bits per heavy atom. The zero-order valence-corrected chi connectivity index (χ0v) is 20.8. The molecule has 5 rings (SSSR count). The number of rotatable bonds is 8. The zero-order valence-electron chi connectivity index (χ0n) is 20.8. The molecule has 2 aromatic rings. The summed E-state index contributed by atoms with van der Waals surface area (Å²) < 4.78 is 50.6. The highest BCUT2D eigenvalue weighted by Crippen LogP contribution is 2.48. The lowest BCUT2D eigenvalue weighted by Gasteiger charge is -2.29. The van der Waals surface area contributed by atoms with Crippen molar-refractivity contribution < 1.29 is 32.2 Å². The predicted octanol–water partition coefficient (Wildman–Crippen LogP) is 5.18. The highest BCUT2D eigenvalue weighted by atomic mass is 19.4. The van der Waals surface area contributed by atoms with Crippen LogP contribution in [0.2, 0.25) is 0 Å². The van der Waals surface area contributed by atoms with Gasteiger partial charge >= 0.3 is 6.18 Å². The first-order valence-electron chi connectivity index (χ1n) is 12.7. The molecule has 0 bridgehead atoms. The Balaban J connectivity index is 1.24. The van der Waals surface area contributed by atoms with Crippen molar-refractivity contribution >= 4 is 11.8 Å². The van der Waals surface area contributed by atoms with Crippen LogP contribution in [0.3, 0.4) is 0 Å². The highest BCUT2D eigenvalue weighted by molar-refractivity contribution is 5.95. The highest BCUT2D eigenvalue weighted by Gasteiger charge is 2.50. The monoisotopic (exact) mass is 516 g/mol. The molecular formula is C28H31F3N2O4. The van der Waals surface area contributed by atoms with Crippen LogP contribution in [-0.4, -0.2) is 50.1 Å². The topological polar surface area (TPSA) is 67.9 Å². The predicted molar refractivity (Wildman–Crippen MR) is 131 cm³/mol. The summed E-state index contributed by atoms with van der Waals surface area (Å²) in [4.78, 5) is 28.0. The van der Waals surface area contributed by atoms with E-state index < -0.39 is 17.6 Å². The van der Waals surface area contributed by atoms with Gasteiger partial charge in [0.2, 0.25) is 0 Å². The van der Waals surface area contributed by atoms with Gasteiger partial charge in [0, 0.05) is 36.2 Å². The molecule has 2 aromatic carbocycles. The zero-order chi connectivity index (χ0) is 26.2. The number of nitrogens with one attached hydrogen (secondary N) is 1. The molecule has 3 aliphatic rings. The number of carbonyl (C=O) groups is 2. The Morgan fingerprint density at radius 3 is 2.49 bits per heavy atom. The Labute approximate surface area is 214 Å². The summed E-state index contributed by atoms with van der Waals surface area (Å²) in [6.07, 6.45) is 0.623. The molecule has 6 nitrogen and oxygen atoms in total. The second-order valence-electron chi connectivity index (χ2n) is 10.5. The molecule has 1 saturated heterocycles. The van der Waals surface area contributed by atoms with Gasteiger partial charge in [-0.1, -0.05) is 6.42 Å². The first kappa shape index (κ1) is 25.4. The van der Waals surface area contributed by atoms with Gasteiger partial charge in [-0.2, -0.15) is 13.2 Å². The van der Waals surface area contributed by atoms with E-state index in [1.807, 2.05) is 17.0 Å². The van der Waals surface area contributed by atoms with Crippen LogP contribution in [0.1, 0.15) is 58.4 Å². The Kier molecular flexibility index (Phi) is 6.81. The fourth-order valence-corrected chi connectivity index (χ4v) is 5.60. The number of benzene rings is 2. The quantitative estimate of drug-likeness (QED) is 0.526. The fourth-order valence-electron chi connectivity index (χ4n) is 5.60. The second-order valence-corrected chi connectivity index (χ2v) is 10.5. The molecule has 2 atom stereocenters. The molecule has 1 aliphatic heterocycles.